The third-order valence-electron chi connectivity index (χ3n) is 10.2. The zero-order chi connectivity index (χ0) is 41.9. The largest absolute Gasteiger partial charge is 0.380 e. The normalized spacial score (nSPS) is 12.1. The van der Waals surface area contributed by atoms with Crippen LogP contribution in [0.1, 0.15) is 73.4 Å². The molecule has 0 saturated heterocycles. The maximum absolute atomic E-state index is 13.2. The number of unbranched alkanes of at least 4 members (excludes halogenated alkanes) is 1. The van der Waals surface area contributed by atoms with Gasteiger partial charge in [0.25, 0.3) is 0 Å². The Morgan fingerprint density at radius 2 is 1.22 bits per heavy atom. The van der Waals surface area contributed by atoms with E-state index in [0.29, 0.717) is 25.4 Å². The van der Waals surface area contributed by atoms with Gasteiger partial charge in [0.05, 0.1) is 12.6 Å². The Hall–Kier alpha value is -6.51. The molecule has 0 bridgehead atoms. The molecule has 59 heavy (non-hydrogen) atoms. The molecule has 0 spiro atoms. The van der Waals surface area contributed by atoms with Crippen molar-refractivity contribution in [2.45, 2.75) is 64.8 Å². The number of benzene rings is 6. The first-order valence-electron chi connectivity index (χ1n) is 20.2. The van der Waals surface area contributed by atoms with Crippen LogP contribution in [0.5, 0.6) is 0 Å². The van der Waals surface area contributed by atoms with Crippen LogP contribution in [0.2, 0.25) is 0 Å². The van der Waals surface area contributed by atoms with E-state index >= 15 is 0 Å². The lowest BCUT2D eigenvalue weighted by atomic mass is 9.77. The fourth-order valence-electron chi connectivity index (χ4n) is 7.16. The summed E-state index contributed by atoms with van der Waals surface area (Å²) in [5, 5.41) is 8.23. The minimum absolute atomic E-state index is 0.00111. The molecule has 0 aliphatic carbocycles. The van der Waals surface area contributed by atoms with E-state index < -0.39 is 11.6 Å². The van der Waals surface area contributed by atoms with E-state index in [1.54, 1.807) is 12.0 Å². The third-order valence-corrected chi connectivity index (χ3v) is 10.2. The zero-order valence-corrected chi connectivity index (χ0v) is 34.5. The quantitative estimate of drug-likeness (QED) is 0.0200. The highest BCUT2D eigenvalue weighted by Crippen LogP contribution is 2.42. The molecule has 1 atom stereocenters. The summed E-state index contributed by atoms with van der Waals surface area (Å²) in [6.07, 6.45) is 3.03. The van der Waals surface area contributed by atoms with Gasteiger partial charge >= 0.3 is 0 Å². The zero-order valence-electron chi connectivity index (χ0n) is 34.5. The number of aldehydes is 1. The topological polar surface area (TPSA) is 110 Å². The third kappa shape index (κ3) is 11.3. The van der Waals surface area contributed by atoms with Gasteiger partial charge in [0.1, 0.15) is 11.8 Å². The van der Waals surface area contributed by atoms with Crippen molar-refractivity contribution in [1.82, 2.24) is 4.90 Å². The number of methoxy groups -OCH3 is 1. The monoisotopic (exact) mass is 785 g/mol. The van der Waals surface area contributed by atoms with Gasteiger partial charge in [-0.15, -0.1) is 5.11 Å². The number of ether oxygens (including phenoxy) is 1. The van der Waals surface area contributed by atoms with E-state index in [-0.39, 0.29) is 11.8 Å². The molecule has 6 rings (SSSR count). The molecule has 0 aromatic heterocycles. The van der Waals surface area contributed by atoms with Crippen LogP contribution >= 0.6 is 0 Å². The van der Waals surface area contributed by atoms with Gasteiger partial charge in [0.15, 0.2) is 5.84 Å². The summed E-state index contributed by atoms with van der Waals surface area (Å²) in [5.41, 5.74) is 6.70. The van der Waals surface area contributed by atoms with E-state index in [0.717, 1.165) is 58.1 Å². The average Bonchev–Trinajstić information content (AvgIpc) is 3.28. The van der Waals surface area contributed by atoms with Gasteiger partial charge < -0.3 is 20.3 Å². The first-order chi connectivity index (χ1) is 28.9. The number of rotatable bonds is 16. The number of hydrogen-bond donors (Lipinski definition) is 1. The molecule has 302 valence electrons. The second kappa shape index (κ2) is 22.4. The van der Waals surface area contributed by atoms with Crippen molar-refractivity contribution >= 4 is 18.0 Å². The molecule has 8 nitrogen and oxygen atoms in total. The van der Waals surface area contributed by atoms with Crippen LogP contribution in [-0.4, -0.2) is 36.1 Å². The van der Waals surface area contributed by atoms with Crippen LogP contribution in [0.4, 0.5) is 0 Å². The average molecular weight is 786 g/mol. The number of amides is 1. The van der Waals surface area contributed by atoms with E-state index in [1.807, 2.05) is 147 Å². The van der Waals surface area contributed by atoms with Crippen molar-refractivity contribution in [2.75, 3.05) is 7.11 Å². The maximum Gasteiger partial charge on any atom is 0.223 e. The highest BCUT2D eigenvalue weighted by Gasteiger charge is 2.37. The minimum Gasteiger partial charge on any atom is -0.380 e. The molecular weight excluding hydrogens is 731 g/mol. The molecule has 6 aromatic rings. The SMILES string of the molecule is CCCCC(=O)N(Cc1ccc(-c2ccccc2C(N=NN)=NC(c2ccccc2)(c2ccccc2)c2ccccc2)cc1)C(C=O)C(C)C.COCc1ccccc1. The van der Waals surface area contributed by atoms with Crippen molar-refractivity contribution in [3.63, 3.8) is 0 Å². The molecule has 6 aromatic carbocycles. The molecule has 0 aliphatic rings. The van der Waals surface area contributed by atoms with Crippen LogP contribution in [0.25, 0.3) is 11.1 Å². The summed E-state index contributed by atoms with van der Waals surface area (Å²) in [6.45, 7) is 7.07. The van der Waals surface area contributed by atoms with Gasteiger partial charge in [-0.3, -0.25) is 4.79 Å². The smallest absolute Gasteiger partial charge is 0.223 e. The lowest BCUT2D eigenvalue weighted by molar-refractivity contribution is -0.138. The summed E-state index contributed by atoms with van der Waals surface area (Å²) in [5.74, 6) is 6.17. The Labute approximate surface area is 349 Å². The second-order valence-electron chi connectivity index (χ2n) is 14.6. The Morgan fingerprint density at radius 3 is 1.69 bits per heavy atom. The Bertz CT molecular complexity index is 2130. The van der Waals surface area contributed by atoms with Gasteiger partial charge in [-0.25, -0.2) is 4.99 Å². The lowest BCUT2D eigenvalue weighted by Gasteiger charge is -2.32. The van der Waals surface area contributed by atoms with Crippen LogP contribution < -0.4 is 5.84 Å². The van der Waals surface area contributed by atoms with Crippen molar-refractivity contribution in [3.8, 4) is 11.1 Å². The first-order valence-corrected chi connectivity index (χ1v) is 20.2. The number of nitrogens with zero attached hydrogens (tertiary/aromatic N) is 4. The fourth-order valence-corrected chi connectivity index (χ4v) is 7.16. The van der Waals surface area contributed by atoms with Gasteiger partial charge in [-0.1, -0.05) is 202 Å². The highest BCUT2D eigenvalue weighted by molar-refractivity contribution is 6.05. The van der Waals surface area contributed by atoms with Gasteiger partial charge in [0.2, 0.25) is 5.91 Å². The Balaban J connectivity index is 0.000000649. The van der Waals surface area contributed by atoms with E-state index in [1.165, 1.54) is 5.56 Å². The molecule has 1 unspecified atom stereocenters. The number of nitrogens with two attached hydrogens (primary N) is 1. The summed E-state index contributed by atoms with van der Waals surface area (Å²) in [7, 11) is 1.70. The molecular formula is C51H55N5O3. The van der Waals surface area contributed by atoms with E-state index in [9.17, 15) is 9.59 Å². The summed E-state index contributed by atoms with van der Waals surface area (Å²) < 4.78 is 4.93. The highest BCUT2D eigenvalue weighted by atomic mass is 16.5. The number of carbonyl (C=O) groups excluding carboxylic acids is 2. The van der Waals surface area contributed by atoms with Crippen LogP contribution in [-0.2, 0) is 33.0 Å². The standard InChI is InChI=1S/C43H45N5O2.C8H10O/c1-4-5-25-41(50)48(40(31-49)32(2)3)30-33-26-28-34(29-27-33)38-23-15-16-24-39(38)42(46-47-44)45-43(35-17-9-6-10-18-35,36-19-11-7-12-20-36)37-21-13-8-14-22-37;1-9-7-8-5-3-2-4-6-8/h6-24,26-29,31-32,40H,4-5,25,30H2,1-3H3,(H2,44,45,46);2-6H,7H2,1H3. The number of hydrogen-bond acceptors (Lipinski definition) is 5. The number of amidine groups is 1. The van der Waals surface area contributed by atoms with E-state index in [2.05, 4.69) is 53.7 Å². The predicted octanol–water partition coefficient (Wildman–Crippen LogP) is 11.0. The van der Waals surface area contributed by atoms with E-state index in [4.69, 9.17) is 15.6 Å². The number of carbonyl (C=O) groups is 2. The van der Waals surface area contributed by atoms with Gasteiger partial charge in [-0.05, 0) is 51.3 Å². The minimum atomic E-state index is -0.969. The predicted molar refractivity (Wildman–Crippen MR) is 239 cm³/mol. The molecule has 2 N–H and O–H groups in total. The number of aliphatic imine (C=N–C) groups is 1. The molecule has 0 fully saturated rings. The first kappa shape index (κ1) is 43.6. The lowest BCUT2D eigenvalue weighted by Crippen LogP contribution is -2.43. The maximum atomic E-state index is 13.2. The molecule has 0 saturated carbocycles. The van der Waals surface area contributed by atoms with Crippen LogP contribution in [0.15, 0.2) is 185 Å². The second-order valence-corrected chi connectivity index (χ2v) is 14.6. The molecule has 1 amide bonds. The van der Waals surface area contributed by atoms with Gasteiger partial charge in [-0.2, -0.15) is 0 Å². The van der Waals surface area contributed by atoms with Crippen molar-refractivity contribution in [3.05, 3.63) is 203 Å². The van der Waals surface area contributed by atoms with Gasteiger partial charge in [0, 0.05) is 25.6 Å². The van der Waals surface area contributed by atoms with Crippen molar-refractivity contribution < 1.29 is 14.3 Å². The Morgan fingerprint density at radius 1 is 0.712 bits per heavy atom. The van der Waals surface area contributed by atoms with Crippen LogP contribution in [0.3, 0.4) is 0 Å². The van der Waals surface area contributed by atoms with Crippen molar-refractivity contribution in [2.24, 2.45) is 27.1 Å². The summed E-state index contributed by atoms with van der Waals surface area (Å²) >= 11 is 0. The summed E-state index contributed by atoms with van der Waals surface area (Å²) in [6, 6.07) is 56.2. The fraction of sp³-hybridized carbons (Fsp3) is 0.235. The Kier molecular flexibility index (Phi) is 16.6. The molecule has 0 radical (unpaired) electrons. The summed E-state index contributed by atoms with van der Waals surface area (Å²) in [4.78, 5) is 32.5. The molecule has 8 heteroatoms. The molecule has 0 heterocycles. The van der Waals surface area contributed by atoms with Crippen molar-refractivity contribution in [1.29, 1.82) is 0 Å². The van der Waals surface area contributed by atoms with Crippen LogP contribution in [0, 0.1) is 5.92 Å². The molecule has 0 aliphatic heterocycles.